The maximum atomic E-state index is 13.0. The summed E-state index contributed by atoms with van der Waals surface area (Å²) in [6, 6.07) is 18.3. The van der Waals surface area contributed by atoms with Crippen LogP contribution >= 0.6 is 23.2 Å². The number of nitrogens with zero attached hydrogens (tertiary/aromatic N) is 2. The minimum Gasteiger partial charge on any atom is -0.598 e. The number of aromatic nitrogens is 2. The smallest absolute Gasteiger partial charge is 0.218 e. The summed E-state index contributed by atoms with van der Waals surface area (Å²) in [6.07, 6.45) is 4.60. The van der Waals surface area contributed by atoms with E-state index in [1.807, 2.05) is 102 Å². The van der Waals surface area contributed by atoms with Crippen molar-refractivity contribution in [3.8, 4) is 45.4 Å². The minimum absolute atomic E-state index is 0.324. The summed E-state index contributed by atoms with van der Waals surface area (Å²) in [5.74, 6) is 0.783. The van der Waals surface area contributed by atoms with Gasteiger partial charge >= 0.3 is 0 Å². The first kappa shape index (κ1) is 41.7. The van der Waals surface area contributed by atoms with Crippen molar-refractivity contribution in [3.63, 3.8) is 0 Å². The summed E-state index contributed by atoms with van der Waals surface area (Å²) >= 11 is 11.6. The average molecular weight is 784 g/mol. The highest BCUT2D eigenvalue weighted by Crippen LogP contribution is 2.43. The molecule has 4 aromatic rings. The van der Waals surface area contributed by atoms with Crippen molar-refractivity contribution >= 4 is 45.9 Å². The van der Waals surface area contributed by atoms with Crippen LogP contribution in [0.2, 0.25) is 10.0 Å². The molecular weight excluding hydrogens is 736 g/mol. The average Bonchev–Trinajstić information content (AvgIpc) is 3.10. The molecule has 0 aliphatic carbocycles. The molecule has 0 saturated carbocycles. The lowest BCUT2D eigenvalue weighted by Crippen LogP contribution is -2.41. The van der Waals surface area contributed by atoms with Crippen LogP contribution in [0.1, 0.15) is 77.6 Å². The van der Waals surface area contributed by atoms with Crippen molar-refractivity contribution in [2.24, 2.45) is 0 Å². The number of nitrogens with one attached hydrogen (secondary N) is 2. The van der Waals surface area contributed by atoms with Gasteiger partial charge in [0, 0.05) is 56.1 Å². The summed E-state index contributed by atoms with van der Waals surface area (Å²) < 4.78 is 43.0. The van der Waals surface area contributed by atoms with E-state index >= 15 is 0 Å². The maximum absolute atomic E-state index is 13.0. The van der Waals surface area contributed by atoms with E-state index in [0.717, 1.165) is 11.1 Å². The lowest BCUT2D eigenvalue weighted by atomic mass is 9.97. The fourth-order valence-electron chi connectivity index (χ4n) is 5.36. The predicted octanol–water partition coefficient (Wildman–Crippen LogP) is 10.1. The van der Waals surface area contributed by atoms with Crippen LogP contribution in [0.15, 0.2) is 86.0 Å². The van der Waals surface area contributed by atoms with Crippen molar-refractivity contribution in [2.75, 3.05) is 14.2 Å². The van der Waals surface area contributed by atoms with Crippen molar-refractivity contribution in [3.05, 3.63) is 107 Å². The highest BCUT2D eigenvalue weighted by atomic mass is 35.5. The Morgan fingerprint density at radius 2 is 1.00 bits per heavy atom. The topological polar surface area (TPSA) is 114 Å². The second kappa shape index (κ2) is 17.8. The molecule has 2 aromatic heterocycles. The van der Waals surface area contributed by atoms with Gasteiger partial charge in [-0.05, 0) is 78.6 Å². The van der Waals surface area contributed by atoms with Gasteiger partial charge in [-0.15, -0.1) is 22.6 Å². The minimum atomic E-state index is -1.32. The summed E-state index contributed by atoms with van der Waals surface area (Å²) in [6.45, 7) is 19.3. The first-order chi connectivity index (χ1) is 24.5. The Morgan fingerprint density at radius 3 is 1.31 bits per heavy atom. The van der Waals surface area contributed by atoms with E-state index in [9.17, 15) is 9.11 Å². The zero-order chi connectivity index (χ0) is 38.4. The summed E-state index contributed by atoms with van der Waals surface area (Å²) in [7, 11) is 3.12. The van der Waals surface area contributed by atoms with Crippen LogP contribution < -0.4 is 18.9 Å². The molecule has 0 amide bonds. The molecule has 4 atom stereocenters. The SMILES string of the molecule is C=CC[C@H](N[S+]([O-])C(C)(C)C)c1ccc(-c2cccc(-c3cccc(-c4ccc([C@H](CC=C)N[S+]([O-])C(C)(C)C)c(OC)n4)c3Cl)c2Cl)nc1OC. The van der Waals surface area contributed by atoms with Crippen LogP contribution in [0.25, 0.3) is 33.6 Å². The van der Waals surface area contributed by atoms with E-state index in [1.54, 1.807) is 26.4 Å². The molecule has 278 valence electrons. The number of pyridine rings is 2. The number of hydrogen-bond donors (Lipinski definition) is 2. The molecule has 2 heterocycles. The van der Waals surface area contributed by atoms with Crippen LogP contribution in [-0.2, 0) is 22.7 Å². The Bertz CT molecular complexity index is 1740. The Labute approximate surface area is 325 Å². The second-order valence-electron chi connectivity index (χ2n) is 14.1. The summed E-state index contributed by atoms with van der Waals surface area (Å²) in [5.41, 5.74) is 5.53. The number of halogens is 2. The standard InChI is InChI=1S/C40H48Cl2N4O4S2/c1-11-15-33(45-51(47)39(3,4)5)29-21-23-31(43-37(29)49-9)27-19-13-17-25(35(27)41)26-18-14-20-28(36(26)42)32-24-22-30(38(44-32)50-10)34(16-12-2)46-52(48)40(6,7)8/h11-14,17-24,33-34,45-46H,1-2,15-16H2,3-10H3/t33-,34-,51?,52?/m0/s1. The first-order valence-corrected chi connectivity index (χ1v) is 19.9. The zero-order valence-electron chi connectivity index (χ0n) is 31.0. The number of benzene rings is 2. The van der Waals surface area contributed by atoms with Crippen molar-refractivity contribution in [1.82, 2.24) is 19.4 Å². The summed E-state index contributed by atoms with van der Waals surface area (Å²) in [5, 5.41) is 0.925. The van der Waals surface area contributed by atoms with Gasteiger partial charge in [-0.3, -0.25) is 0 Å². The van der Waals surface area contributed by atoms with Gasteiger partial charge in [0.2, 0.25) is 11.8 Å². The fourth-order valence-corrected chi connectivity index (χ4v) is 7.68. The third-order valence-corrected chi connectivity index (χ3v) is 12.2. The molecule has 4 rings (SSSR count). The lowest BCUT2D eigenvalue weighted by molar-refractivity contribution is 0.386. The molecule has 2 aromatic carbocycles. The molecule has 0 radical (unpaired) electrons. The van der Waals surface area contributed by atoms with Gasteiger partial charge in [-0.1, -0.05) is 71.8 Å². The van der Waals surface area contributed by atoms with Crippen LogP contribution in [0.3, 0.4) is 0 Å². The largest absolute Gasteiger partial charge is 0.598 e. The van der Waals surface area contributed by atoms with Crippen molar-refractivity contribution < 1.29 is 18.6 Å². The Morgan fingerprint density at radius 1 is 0.654 bits per heavy atom. The maximum Gasteiger partial charge on any atom is 0.218 e. The van der Waals surface area contributed by atoms with E-state index in [2.05, 4.69) is 22.6 Å². The normalized spacial score (nSPS) is 14.3. The molecule has 12 heteroatoms. The molecule has 2 N–H and O–H groups in total. The number of ether oxygens (including phenoxy) is 2. The van der Waals surface area contributed by atoms with Gasteiger partial charge in [0.15, 0.2) is 0 Å². The van der Waals surface area contributed by atoms with Gasteiger partial charge in [-0.2, -0.15) is 0 Å². The lowest BCUT2D eigenvalue weighted by Gasteiger charge is -2.28. The van der Waals surface area contributed by atoms with Crippen LogP contribution in [0.4, 0.5) is 0 Å². The first-order valence-electron chi connectivity index (χ1n) is 16.8. The Kier molecular flexibility index (Phi) is 14.3. The molecule has 0 aliphatic rings. The quantitative estimate of drug-likeness (QED) is 0.0905. The van der Waals surface area contributed by atoms with E-state index in [4.69, 9.17) is 42.6 Å². The molecule has 0 saturated heterocycles. The number of methoxy groups -OCH3 is 2. The molecule has 8 nitrogen and oxygen atoms in total. The van der Waals surface area contributed by atoms with Gasteiger partial charge in [-0.25, -0.2) is 9.97 Å². The van der Waals surface area contributed by atoms with Gasteiger partial charge in [0.1, 0.15) is 9.49 Å². The van der Waals surface area contributed by atoms with Crippen LogP contribution in [0, 0.1) is 0 Å². The van der Waals surface area contributed by atoms with Crippen molar-refractivity contribution in [2.45, 2.75) is 76.0 Å². The highest BCUT2D eigenvalue weighted by molar-refractivity contribution is 7.91. The van der Waals surface area contributed by atoms with Gasteiger partial charge < -0.3 is 18.6 Å². The van der Waals surface area contributed by atoms with E-state index in [-0.39, 0.29) is 12.1 Å². The van der Waals surface area contributed by atoms with Crippen LogP contribution in [0.5, 0.6) is 11.8 Å². The van der Waals surface area contributed by atoms with E-state index < -0.39 is 32.2 Å². The highest BCUT2D eigenvalue weighted by Gasteiger charge is 2.32. The van der Waals surface area contributed by atoms with Gasteiger partial charge in [0.05, 0.1) is 47.7 Å². The molecule has 0 bridgehead atoms. The van der Waals surface area contributed by atoms with Crippen molar-refractivity contribution in [1.29, 1.82) is 0 Å². The number of hydrogen-bond acceptors (Lipinski definition) is 8. The summed E-state index contributed by atoms with van der Waals surface area (Å²) in [4.78, 5) is 9.67. The zero-order valence-corrected chi connectivity index (χ0v) is 34.2. The monoisotopic (exact) mass is 782 g/mol. The fraction of sp³-hybridized carbons (Fsp3) is 0.350. The van der Waals surface area contributed by atoms with Gasteiger partial charge in [0.25, 0.3) is 0 Å². The van der Waals surface area contributed by atoms with E-state index in [0.29, 0.717) is 68.3 Å². The molecule has 52 heavy (non-hydrogen) atoms. The molecule has 0 fully saturated rings. The third kappa shape index (κ3) is 9.72. The van der Waals surface area contributed by atoms with Crippen LogP contribution in [-0.4, -0.2) is 42.8 Å². The Balaban J connectivity index is 1.72. The third-order valence-electron chi connectivity index (χ3n) is 8.17. The molecular formula is C40H48Cl2N4O4S2. The van der Waals surface area contributed by atoms with E-state index in [1.165, 1.54) is 0 Å². The Hall–Kier alpha value is -3.06. The molecule has 0 spiro atoms. The molecule has 0 aliphatic heterocycles. The molecule has 2 unspecified atom stereocenters. The number of rotatable bonds is 15. The second-order valence-corrected chi connectivity index (χ2v) is 18.8. The predicted molar refractivity (Wildman–Crippen MR) is 219 cm³/mol.